The summed E-state index contributed by atoms with van der Waals surface area (Å²) in [6.07, 6.45) is 14.7. The molecular formula is C19H32. The predicted octanol–water partition coefficient (Wildman–Crippen LogP) is 5.98. The van der Waals surface area contributed by atoms with Crippen molar-refractivity contribution in [1.29, 1.82) is 0 Å². The van der Waals surface area contributed by atoms with E-state index in [4.69, 9.17) is 0 Å². The van der Waals surface area contributed by atoms with E-state index in [1.807, 2.05) is 0 Å². The molecular weight excluding hydrogens is 228 g/mol. The van der Waals surface area contributed by atoms with E-state index in [9.17, 15) is 0 Å². The lowest BCUT2D eigenvalue weighted by Gasteiger charge is -2.57. The number of hydrogen-bond acceptors (Lipinski definition) is 0. The second kappa shape index (κ2) is 5.26. The van der Waals surface area contributed by atoms with Gasteiger partial charge in [-0.25, -0.2) is 0 Å². The molecule has 0 aromatic heterocycles. The summed E-state index contributed by atoms with van der Waals surface area (Å²) < 4.78 is 0. The molecule has 0 aromatic rings. The third kappa shape index (κ3) is 2.20. The van der Waals surface area contributed by atoms with Gasteiger partial charge in [-0.15, -0.1) is 0 Å². The summed E-state index contributed by atoms with van der Waals surface area (Å²) in [7, 11) is 0. The first-order valence-electron chi connectivity index (χ1n) is 8.83. The Balaban J connectivity index is 1.99. The standard InChI is InChI=1S/C19H32/c1-4-10-19-16-6-5-7-17(19)12-15(3)13-18(19)11-14(2)8-9-16/h14,16-18H,3-13H2,1-2H3. The average molecular weight is 260 g/mol. The molecule has 3 fully saturated rings. The van der Waals surface area contributed by atoms with Gasteiger partial charge < -0.3 is 0 Å². The van der Waals surface area contributed by atoms with Gasteiger partial charge in [0.05, 0.1) is 0 Å². The Morgan fingerprint density at radius 2 is 1.79 bits per heavy atom. The predicted molar refractivity (Wildman–Crippen MR) is 83.1 cm³/mol. The first-order valence-corrected chi connectivity index (χ1v) is 8.83. The SMILES string of the molecule is C=C1CC2CCCC3CCC(C)CC(C1)C32CCC. The number of rotatable bonds is 2. The maximum atomic E-state index is 4.40. The molecule has 0 amide bonds. The van der Waals surface area contributed by atoms with Crippen molar-refractivity contribution >= 4 is 0 Å². The molecule has 0 heterocycles. The van der Waals surface area contributed by atoms with Crippen molar-refractivity contribution < 1.29 is 0 Å². The minimum Gasteiger partial charge on any atom is -0.0998 e. The van der Waals surface area contributed by atoms with E-state index in [2.05, 4.69) is 20.4 Å². The summed E-state index contributed by atoms with van der Waals surface area (Å²) in [5.41, 5.74) is 2.30. The average Bonchev–Trinajstić information content (AvgIpc) is 2.50. The maximum absolute atomic E-state index is 4.40. The van der Waals surface area contributed by atoms with E-state index < -0.39 is 0 Å². The van der Waals surface area contributed by atoms with Crippen molar-refractivity contribution in [3.63, 3.8) is 0 Å². The lowest BCUT2D eigenvalue weighted by Crippen LogP contribution is -2.49. The number of allylic oxidation sites excluding steroid dienone is 1. The van der Waals surface area contributed by atoms with Crippen LogP contribution in [0.1, 0.15) is 78.1 Å². The van der Waals surface area contributed by atoms with E-state index >= 15 is 0 Å². The molecule has 0 N–H and O–H groups in total. The fourth-order valence-corrected chi connectivity index (χ4v) is 6.26. The third-order valence-corrected chi connectivity index (χ3v) is 6.83. The van der Waals surface area contributed by atoms with Crippen molar-refractivity contribution in [2.75, 3.05) is 0 Å². The lowest BCUT2D eigenvalue weighted by molar-refractivity contribution is -0.0589. The van der Waals surface area contributed by atoms with Gasteiger partial charge in [0.2, 0.25) is 0 Å². The normalized spacial score (nSPS) is 46.5. The molecule has 3 rings (SSSR count). The summed E-state index contributed by atoms with van der Waals surface area (Å²) >= 11 is 0. The summed E-state index contributed by atoms with van der Waals surface area (Å²) in [6, 6.07) is 0. The van der Waals surface area contributed by atoms with Crippen LogP contribution in [0.15, 0.2) is 12.2 Å². The molecule has 0 aromatic carbocycles. The first-order chi connectivity index (χ1) is 9.16. The van der Waals surface area contributed by atoms with Crippen molar-refractivity contribution in [3.05, 3.63) is 12.2 Å². The van der Waals surface area contributed by atoms with Gasteiger partial charge in [0.25, 0.3) is 0 Å². The fraction of sp³-hybridized carbons (Fsp3) is 0.895. The van der Waals surface area contributed by atoms with Crippen molar-refractivity contribution in [1.82, 2.24) is 0 Å². The Labute approximate surface area is 120 Å². The molecule has 0 radical (unpaired) electrons. The first kappa shape index (κ1) is 13.7. The summed E-state index contributed by atoms with van der Waals surface area (Å²) in [5, 5.41) is 0. The third-order valence-electron chi connectivity index (χ3n) is 6.83. The summed E-state index contributed by atoms with van der Waals surface area (Å²) in [4.78, 5) is 0. The van der Waals surface area contributed by atoms with Gasteiger partial charge in [0.1, 0.15) is 0 Å². The van der Waals surface area contributed by atoms with Crippen LogP contribution in [0, 0.1) is 29.1 Å². The summed E-state index contributed by atoms with van der Waals surface area (Å²) in [5.74, 6) is 3.97. The van der Waals surface area contributed by atoms with Crippen LogP contribution >= 0.6 is 0 Å². The molecule has 0 heteroatoms. The van der Waals surface area contributed by atoms with Crippen LogP contribution in [0.4, 0.5) is 0 Å². The molecule has 0 spiro atoms. The van der Waals surface area contributed by atoms with Gasteiger partial charge in [0.15, 0.2) is 0 Å². The van der Waals surface area contributed by atoms with Crippen molar-refractivity contribution in [2.24, 2.45) is 29.1 Å². The van der Waals surface area contributed by atoms with Gasteiger partial charge in [-0.1, -0.05) is 45.3 Å². The second-order valence-electron chi connectivity index (χ2n) is 7.96. The van der Waals surface area contributed by atoms with Crippen LogP contribution in [-0.4, -0.2) is 0 Å². The molecule has 3 aliphatic rings. The quantitative estimate of drug-likeness (QED) is 0.536. The van der Waals surface area contributed by atoms with Crippen molar-refractivity contribution in [2.45, 2.75) is 78.1 Å². The van der Waals surface area contributed by atoms with Crippen LogP contribution < -0.4 is 0 Å². The Morgan fingerprint density at radius 1 is 1.05 bits per heavy atom. The molecule has 0 aliphatic heterocycles. The Kier molecular flexibility index (Phi) is 3.80. The van der Waals surface area contributed by atoms with Crippen LogP contribution in [0.2, 0.25) is 0 Å². The summed E-state index contributed by atoms with van der Waals surface area (Å²) in [6.45, 7) is 9.32. The van der Waals surface area contributed by atoms with E-state index in [0.29, 0.717) is 0 Å². The lowest BCUT2D eigenvalue weighted by atomic mass is 9.47. The van der Waals surface area contributed by atoms with Crippen LogP contribution in [0.5, 0.6) is 0 Å². The zero-order valence-corrected chi connectivity index (χ0v) is 13.1. The zero-order chi connectivity index (χ0) is 13.5. The van der Waals surface area contributed by atoms with Gasteiger partial charge >= 0.3 is 0 Å². The molecule has 0 saturated heterocycles. The smallest absolute Gasteiger partial charge is 0.0206 e. The highest BCUT2D eigenvalue weighted by Gasteiger charge is 2.54. The molecule has 3 saturated carbocycles. The Hall–Kier alpha value is -0.260. The van der Waals surface area contributed by atoms with Crippen LogP contribution in [0.3, 0.4) is 0 Å². The van der Waals surface area contributed by atoms with Gasteiger partial charge in [-0.05, 0) is 74.0 Å². The largest absolute Gasteiger partial charge is 0.0998 e. The minimum absolute atomic E-state index is 0.721. The maximum Gasteiger partial charge on any atom is -0.0206 e. The van der Waals surface area contributed by atoms with Crippen molar-refractivity contribution in [3.8, 4) is 0 Å². The van der Waals surface area contributed by atoms with E-state index in [0.717, 1.165) is 29.1 Å². The minimum atomic E-state index is 0.721. The monoisotopic (exact) mass is 260 g/mol. The Bertz CT molecular complexity index is 342. The fourth-order valence-electron chi connectivity index (χ4n) is 6.26. The van der Waals surface area contributed by atoms with Gasteiger partial charge in [0, 0.05) is 0 Å². The van der Waals surface area contributed by atoms with Crippen LogP contribution in [0.25, 0.3) is 0 Å². The zero-order valence-electron chi connectivity index (χ0n) is 13.1. The molecule has 5 atom stereocenters. The molecule has 0 nitrogen and oxygen atoms in total. The van der Waals surface area contributed by atoms with Crippen LogP contribution in [-0.2, 0) is 0 Å². The number of hydrogen-bond donors (Lipinski definition) is 0. The van der Waals surface area contributed by atoms with Gasteiger partial charge in [-0.3, -0.25) is 0 Å². The van der Waals surface area contributed by atoms with Gasteiger partial charge in [-0.2, -0.15) is 0 Å². The van der Waals surface area contributed by atoms with E-state index in [1.54, 1.807) is 5.57 Å². The molecule has 0 bridgehead atoms. The molecule has 19 heavy (non-hydrogen) atoms. The molecule has 5 unspecified atom stereocenters. The molecule has 3 aliphatic carbocycles. The van der Waals surface area contributed by atoms with E-state index in [-0.39, 0.29) is 0 Å². The topological polar surface area (TPSA) is 0 Å². The second-order valence-corrected chi connectivity index (χ2v) is 7.96. The highest BCUT2D eigenvalue weighted by atomic mass is 14.6. The highest BCUT2D eigenvalue weighted by Crippen LogP contribution is 2.63. The highest BCUT2D eigenvalue weighted by molar-refractivity contribution is 5.13. The Morgan fingerprint density at radius 3 is 2.58 bits per heavy atom. The van der Waals surface area contributed by atoms with E-state index in [1.165, 1.54) is 64.2 Å². The molecule has 108 valence electrons.